The summed E-state index contributed by atoms with van der Waals surface area (Å²) in [6.45, 7) is 5.38. The van der Waals surface area contributed by atoms with E-state index in [1.807, 2.05) is 13.8 Å². The number of alkyl halides is 2. The molecule has 0 rings (SSSR count). The molecule has 0 saturated heterocycles. The lowest BCUT2D eigenvalue weighted by Crippen LogP contribution is -2.55. The largest absolute Gasteiger partial charge is 0.376 e. The Morgan fingerprint density at radius 3 is 2.44 bits per heavy atom. The summed E-state index contributed by atoms with van der Waals surface area (Å²) in [7, 11) is 0. The molecular weight excluding hydrogens is 242 g/mol. The van der Waals surface area contributed by atoms with Crippen molar-refractivity contribution in [1.82, 2.24) is 5.32 Å². The van der Waals surface area contributed by atoms with Crippen LogP contribution in [0, 0.1) is 0 Å². The average Bonchev–Trinajstić information content (AvgIpc) is 2.21. The molecule has 0 fully saturated rings. The molecule has 0 aromatic carbocycles. The lowest BCUT2D eigenvalue weighted by Gasteiger charge is -2.29. The van der Waals surface area contributed by atoms with Crippen molar-refractivity contribution in [2.45, 2.75) is 58.0 Å². The standard InChI is InChI=1S/C12H24F2N2O2/c1-9(2)16-12(3,11(15)17)6-4-5-7-18-8-10(13)14/h9-10,16H,4-8H2,1-3H3,(H2,15,17). The minimum absolute atomic E-state index is 0.151. The van der Waals surface area contributed by atoms with E-state index >= 15 is 0 Å². The lowest BCUT2D eigenvalue weighted by atomic mass is 9.93. The van der Waals surface area contributed by atoms with Crippen molar-refractivity contribution in [2.24, 2.45) is 5.73 Å². The van der Waals surface area contributed by atoms with Crippen LogP contribution in [0.15, 0.2) is 0 Å². The van der Waals surface area contributed by atoms with Crippen molar-refractivity contribution in [2.75, 3.05) is 13.2 Å². The molecule has 0 radical (unpaired) electrons. The van der Waals surface area contributed by atoms with E-state index in [9.17, 15) is 13.6 Å². The van der Waals surface area contributed by atoms with Crippen molar-refractivity contribution in [3.8, 4) is 0 Å². The average molecular weight is 266 g/mol. The van der Waals surface area contributed by atoms with E-state index in [2.05, 4.69) is 5.32 Å². The highest BCUT2D eigenvalue weighted by molar-refractivity contribution is 5.84. The molecule has 6 heteroatoms. The van der Waals surface area contributed by atoms with Gasteiger partial charge in [-0.05, 0) is 40.0 Å². The maximum atomic E-state index is 11.8. The smallest absolute Gasteiger partial charge is 0.261 e. The fraction of sp³-hybridized carbons (Fsp3) is 0.917. The Bertz CT molecular complexity index is 250. The number of carbonyl (C=O) groups is 1. The van der Waals surface area contributed by atoms with E-state index in [-0.39, 0.29) is 12.6 Å². The molecule has 0 aromatic heterocycles. The second kappa shape index (κ2) is 8.37. The second-order valence-electron chi connectivity index (χ2n) is 4.92. The van der Waals surface area contributed by atoms with Gasteiger partial charge in [-0.15, -0.1) is 0 Å². The van der Waals surface area contributed by atoms with Crippen molar-refractivity contribution in [1.29, 1.82) is 0 Å². The molecule has 0 aliphatic carbocycles. The van der Waals surface area contributed by atoms with Gasteiger partial charge in [0.2, 0.25) is 5.91 Å². The van der Waals surface area contributed by atoms with Crippen molar-refractivity contribution in [3.05, 3.63) is 0 Å². The third kappa shape index (κ3) is 7.55. The zero-order valence-electron chi connectivity index (χ0n) is 11.3. The minimum Gasteiger partial charge on any atom is -0.376 e. The minimum atomic E-state index is -2.43. The Hall–Kier alpha value is -0.750. The Morgan fingerprint density at radius 2 is 2.00 bits per heavy atom. The van der Waals surface area contributed by atoms with Crippen LogP contribution in [0.5, 0.6) is 0 Å². The molecule has 4 nitrogen and oxygen atoms in total. The Morgan fingerprint density at radius 1 is 1.39 bits per heavy atom. The predicted molar refractivity (Wildman–Crippen MR) is 66.5 cm³/mol. The fourth-order valence-electron chi connectivity index (χ4n) is 1.76. The molecule has 0 spiro atoms. The Labute approximate surface area is 107 Å². The van der Waals surface area contributed by atoms with Crippen molar-refractivity contribution in [3.63, 3.8) is 0 Å². The maximum absolute atomic E-state index is 11.8. The van der Waals surface area contributed by atoms with E-state index in [0.29, 0.717) is 19.3 Å². The number of carbonyl (C=O) groups excluding carboxylic acids is 1. The first-order valence-corrected chi connectivity index (χ1v) is 6.21. The topological polar surface area (TPSA) is 64.3 Å². The molecule has 0 saturated carbocycles. The molecule has 0 bridgehead atoms. The van der Waals surface area contributed by atoms with E-state index in [4.69, 9.17) is 10.5 Å². The number of hydrogen-bond acceptors (Lipinski definition) is 3. The fourth-order valence-corrected chi connectivity index (χ4v) is 1.76. The van der Waals surface area contributed by atoms with Gasteiger partial charge in [-0.25, -0.2) is 8.78 Å². The monoisotopic (exact) mass is 266 g/mol. The summed E-state index contributed by atoms with van der Waals surface area (Å²) < 4.78 is 28.3. The van der Waals surface area contributed by atoms with Gasteiger partial charge in [0.15, 0.2) is 0 Å². The summed E-state index contributed by atoms with van der Waals surface area (Å²) in [5.41, 5.74) is 4.61. The zero-order chi connectivity index (χ0) is 14.2. The number of halogens is 2. The van der Waals surface area contributed by atoms with Crippen LogP contribution >= 0.6 is 0 Å². The Balaban J connectivity index is 3.88. The van der Waals surface area contributed by atoms with Crippen LogP contribution in [0.1, 0.15) is 40.0 Å². The number of nitrogens with one attached hydrogen (secondary N) is 1. The summed E-state index contributed by atoms with van der Waals surface area (Å²) in [6.07, 6.45) is -0.528. The first-order valence-electron chi connectivity index (χ1n) is 6.21. The van der Waals surface area contributed by atoms with Gasteiger partial charge in [0.25, 0.3) is 6.43 Å². The summed E-state index contributed by atoms with van der Waals surface area (Å²) in [5, 5.41) is 3.13. The molecule has 18 heavy (non-hydrogen) atoms. The molecular formula is C12H24F2N2O2. The number of rotatable bonds is 10. The summed E-state index contributed by atoms with van der Waals surface area (Å²) in [4.78, 5) is 11.4. The number of nitrogens with two attached hydrogens (primary N) is 1. The highest BCUT2D eigenvalue weighted by Gasteiger charge is 2.30. The summed E-state index contributed by atoms with van der Waals surface area (Å²) in [5.74, 6) is -0.398. The van der Waals surface area contributed by atoms with Crippen LogP contribution in [0.4, 0.5) is 8.78 Å². The zero-order valence-corrected chi connectivity index (χ0v) is 11.3. The van der Waals surface area contributed by atoms with Crippen LogP contribution < -0.4 is 11.1 Å². The predicted octanol–water partition coefficient (Wildman–Crippen LogP) is 1.68. The molecule has 1 amide bonds. The summed E-state index contributed by atoms with van der Waals surface area (Å²) >= 11 is 0. The molecule has 0 aromatic rings. The van der Waals surface area contributed by atoms with Crippen LogP contribution in [0.2, 0.25) is 0 Å². The third-order valence-electron chi connectivity index (χ3n) is 2.61. The lowest BCUT2D eigenvalue weighted by molar-refractivity contribution is -0.124. The summed E-state index contributed by atoms with van der Waals surface area (Å²) in [6, 6.07) is 0.151. The molecule has 3 N–H and O–H groups in total. The van der Waals surface area contributed by atoms with E-state index in [0.717, 1.165) is 0 Å². The molecule has 0 aliphatic heterocycles. The molecule has 0 heterocycles. The quantitative estimate of drug-likeness (QED) is 0.591. The number of primary amides is 1. The highest BCUT2D eigenvalue weighted by atomic mass is 19.3. The van der Waals surface area contributed by atoms with Gasteiger partial charge in [0.05, 0.1) is 5.54 Å². The van der Waals surface area contributed by atoms with E-state index in [1.54, 1.807) is 6.92 Å². The van der Waals surface area contributed by atoms with Crippen LogP contribution in [-0.4, -0.2) is 37.1 Å². The van der Waals surface area contributed by atoms with E-state index < -0.39 is 24.5 Å². The number of ether oxygens (including phenoxy) is 1. The Kier molecular flexibility index (Phi) is 8.02. The van der Waals surface area contributed by atoms with E-state index in [1.165, 1.54) is 0 Å². The normalized spacial score (nSPS) is 15.1. The third-order valence-corrected chi connectivity index (χ3v) is 2.61. The van der Waals surface area contributed by atoms with Crippen LogP contribution in [0.25, 0.3) is 0 Å². The van der Waals surface area contributed by atoms with Gasteiger partial charge in [0, 0.05) is 12.6 Å². The molecule has 1 atom stereocenters. The SMILES string of the molecule is CC(C)NC(C)(CCCCOCC(F)F)C(N)=O. The first-order chi connectivity index (χ1) is 8.28. The second-order valence-corrected chi connectivity index (χ2v) is 4.92. The highest BCUT2D eigenvalue weighted by Crippen LogP contribution is 2.14. The van der Waals surface area contributed by atoms with Gasteiger partial charge < -0.3 is 15.8 Å². The van der Waals surface area contributed by atoms with Crippen LogP contribution in [-0.2, 0) is 9.53 Å². The van der Waals surface area contributed by atoms with Crippen LogP contribution in [0.3, 0.4) is 0 Å². The molecule has 0 aliphatic rings. The first kappa shape index (κ1) is 17.2. The van der Waals surface area contributed by atoms with Crippen molar-refractivity contribution >= 4 is 5.91 Å². The van der Waals surface area contributed by atoms with Crippen molar-refractivity contribution < 1.29 is 18.3 Å². The van der Waals surface area contributed by atoms with Gasteiger partial charge in [-0.1, -0.05) is 0 Å². The van der Waals surface area contributed by atoms with Gasteiger partial charge in [-0.2, -0.15) is 0 Å². The van der Waals surface area contributed by atoms with Gasteiger partial charge in [-0.3, -0.25) is 4.79 Å². The maximum Gasteiger partial charge on any atom is 0.261 e. The molecule has 108 valence electrons. The van der Waals surface area contributed by atoms with Gasteiger partial charge in [0.1, 0.15) is 6.61 Å². The van der Waals surface area contributed by atoms with Gasteiger partial charge >= 0.3 is 0 Å². The number of hydrogen-bond donors (Lipinski definition) is 2. The number of amides is 1. The number of unbranched alkanes of at least 4 members (excludes halogenated alkanes) is 1. The molecule has 1 unspecified atom stereocenters.